The van der Waals surface area contributed by atoms with Crippen LogP contribution < -0.4 is 9.47 Å². The number of methoxy groups -OCH3 is 1. The van der Waals surface area contributed by atoms with Gasteiger partial charge in [0.25, 0.3) is 11.1 Å². The number of carbonyl (C=O) groups excluding carboxylic acids is 3. The first-order valence-corrected chi connectivity index (χ1v) is 11.5. The van der Waals surface area contributed by atoms with Gasteiger partial charge in [-0.05, 0) is 60.7 Å². The van der Waals surface area contributed by atoms with E-state index in [1.807, 2.05) is 31.2 Å². The van der Waals surface area contributed by atoms with Crippen molar-refractivity contribution in [1.29, 1.82) is 0 Å². The summed E-state index contributed by atoms with van der Waals surface area (Å²) in [6.07, 6.45) is 1.54. The highest BCUT2D eigenvalue weighted by molar-refractivity contribution is 8.18. The first-order valence-electron chi connectivity index (χ1n) is 10.3. The molecule has 0 unspecified atom stereocenters. The monoisotopic (exact) mass is 493 g/mol. The number of para-hydroxylation sites is 1. The molecule has 1 aliphatic rings. The Morgan fingerprint density at radius 1 is 1.06 bits per heavy atom. The molecule has 3 aromatic rings. The van der Waals surface area contributed by atoms with E-state index in [4.69, 9.17) is 21.1 Å². The maximum Gasteiger partial charge on any atom is 0.343 e. The second-order valence-corrected chi connectivity index (χ2v) is 8.96. The number of aryl methyl sites for hydroxylation is 1. The molecular formula is C26H20ClNO5S. The van der Waals surface area contributed by atoms with E-state index in [0.717, 1.165) is 22.9 Å². The summed E-state index contributed by atoms with van der Waals surface area (Å²) in [4.78, 5) is 39.7. The number of thioether (sulfide) groups is 1. The average molecular weight is 494 g/mol. The molecule has 0 N–H and O–H groups in total. The van der Waals surface area contributed by atoms with Crippen LogP contribution in [0, 0.1) is 6.92 Å². The van der Waals surface area contributed by atoms with Gasteiger partial charge in [-0.15, -0.1) is 0 Å². The van der Waals surface area contributed by atoms with Crippen LogP contribution in [-0.4, -0.2) is 29.1 Å². The molecule has 6 nitrogen and oxygen atoms in total. The molecular weight excluding hydrogens is 474 g/mol. The van der Waals surface area contributed by atoms with Crippen LogP contribution in [0.15, 0.2) is 71.6 Å². The fraction of sp³-hybridized carbons (Fsp3) is 0.115. The molecule has 0 aromatic heterocycles. The minimum Gasteiger partial charge on any atom is -0.493 e. The van der Waals surface area contributed by atoms with Gasteiger partial charge in [0.15, 0.2) is 11.5 Å². The first-order chi connectivity index (χ1) is 16.4. The van der Waals surface area contributed by atoms with E-state index in [1.165, 1.54) is 18.1 Å². The van der Waals surface area contributed by atoms with Crippen molar-refractivity contribution in [3.05, 3.63) is 98.9 Å². The summed E-state index contributed by atoms with van der Waals surface area (Å²) in [6, 6.07) is 19.0. The van der Waals surface area contributed by atoms with Crippen LogP contribution in [0.25, 0.3) is 6.08 Å². The summed E-state index contributed by atoms with van der Waals surface area (Å²) >= 11 is 6.74. The lowest BCUT2D eigenvalue weighted by molar-refractivity contribution is -0.123. The minimum atomic E-state index is -0.608. The molecule has 172 valence electrons. The van der Waals surface area contributed by atoms with Crippen molar-refractivity contribution in [3.63, 3.8) is 0 Å². The molecule has 8 heteroatoms. The van der Waals surface area contributed by atoms with E-state index < -0.39 is 11.9 Å². The van der Waals surface area contributed by atoms with Crippen molar-refractivity contribution in [2.45, 2.75) is 13.5 Å². The van der Waals surface area contributed by atoms with Gasteiger partial charge in [0.2, 0.25) is 0 Å². The Morgan fingerprint density at radius 3 is 2.50 bits per heavy atom. The van der Waals surface area contributed by atoms with Crippen molar-refractivity contribution < 1.29 is 23.9 Å². The molecule has 1 fully saturated rings. The first kappa shape index (κ1) is 23.6. The lowest BCUT2D eigenvalue weighted by Gasteiger charge is -2.13. The van der Waals surface area contributed by atoms with Gasteiger partial charge in [-0.2, -0.15) is 0 Å². The number of hydrogen-bond donors (Lipinski definition) is 0. The number of ether oxygens (including phenoxy) is 2. The molecule has 0 spiro atoms. The number of imide groups is 1. The van der Waals surface area contributed by atoms with E-state index in [-0.39, 0.29) is 22.4 Å². The zero-order chi connectivity index (χ0) is 24.2. The number of amides is 2. The Kier molecular flexibility index (Phi) is 7.05. The van der Waals surface area contributed by atoms with Crippen LogP contribution in [0.5, 0.6) is 11.5 Å². The summed E-state index contributed by atoms with van der Waals surface area (Å²) in [5, 5.41) is 0.135. The molecule has 3 aromatic carbocycles. The maximum atomic E-state index is 13.0. The molecule has 2 amide bonds. The Balaban J connectivity index is 1.62. The topological polar surface area (TPSA) is 72.9 Å². The van der Waals surface area contributed by atoms with Crippen molar-refractivity contribution in [1.82, 2.24) is 4.90 Å². The fourth-order valence-corrected chi connectivity index (χ4v) is 4.38. The van der Waals surface area contributed by atoms with Gasteiger partial charge >= 0.3 is 5.97 Å². The Labute approximate surface area is 206 Å². The van der Waals surface area contributed by atoms with Gasteiger partial charge in [-0.25, -0.2) is 4.79 Å². The van der Waals surface area contributed by atoms with Gasteiger partial charge in [-0.3, -0.25) is 14.5 Å². The van der Waals surface area contributed by atoms with Gasteiger partial charge < -0.3 is 9.47 Å². The van der Waals surface area contributed by atoms with E-state index in [9.17, 15) is 14.4 Å². The smallest absolute Gasteiger partial charge is 0.343 e. The van der Waals surface area contributed by atoms with Crippen molar-refractivity contribution in [2.75, 3.05) is 7.11 Å². The summed E-state index contributed by atoms with van der Waals surface area (Å²) in [5.41, 5.74) is 2.65. The molecule has 1 saturated heterocycles. The standard InChI is InChI=1S/C26H20ClNO5S/c1-16-5-3-6-17(13-16)15-28-24(29)22(34-26(28)31)14-19-7-4-8-21(32-2)23(19)33-25(30)18-9-11-20(27)12-10-18/h3-14H,15H2,1-2H3/b22-14-. The van der Waals surface area contributed by atoms with Gasteiger partial charge in [0.05, 0.1) is 24.1 Å². The number of hydrogen-bond acceptors (Lipinski definition) is 6. The minimum absolute atomic E-state index is 0.149. The molecule has 4 rings (SSSR count). The van der Waals surface area contributed by atoms with Crippen molar-refractivity contribution in [2.24, 2.45) is 0 Å². The largest absolute Gasteiger partial charge is 0.493 e. The summed E-state index contributed by atoms with van der Waals surface area (Å²) in [7, 11) is 1.45. The average Bonchev–Trinajstić information content (AvgIpc) is 3.08. The lowest BCUT2D eigenvalue weighted by Crippen LogP contribution is -2.27. The predicted octanol–water partition coefficient (Wildman–Crippen LogP) is 6.11. The van der Waals surface area contributed by atoms with Crippen LogP contribution in [0.3, 0.4) is 0 Å². The number of carbonyl (C=O) groups is 3. The third-order valence-electron chi connectivity index (χ3n) is 5.09. The van der Waals surface area contributed by atoms with E-state index in [0.29, 0.717) is 21.9 Å². The number of nitrogens with zero attached hydrogens (tertiary/aromatic N) is 1. The third-order valence-corrected chi connectivity index (χ3v) is 6.25. The molecule has 1 heterocycles. The zero-order valence-corrected chi connectivity index (χ0v) is 20.0. The van der Waals surface area contributed by atoms with Crippen molar-refractivity contribution >= 4 is 46.6 Å². The highest BCUT2D eigenvalue weighted by atomic mass is 35.5. The van der Waals surface area contributed by atoms with Crippen LogP contribution >= 0.6 is 23.4 Å². The van der Waals surface area contributed by atoms with Crippen LogP contribution in [0.2, 0.25) is 5.02 Å². The molecule has 0 radical (unpaired) electrons. The van der Waals surface area contributed by atoms with Gasteiger partial charge in [0.1, 0.15) is 0 Å². The molecule has 1 aliphatic heterocycles. The summed E-state index contributed by atoms with van der Waals surface area (Å²) in [6.45, 7) is 2.13. The Hall–Kier alpha value is -3.55. The quantitative estimate of drug-likeness (QED) is 0.234. The molecule has 34 heavy (non-hydrogen) atoms. The summed E-state index contributed by atoms with van der Waals surface area (Å²) < 4.78 is 11.0. The number of halogens is 1. The lowest BCUT2D eigenvalue weighted by atomic mass is 10.1. The molecule has 0 atom stereocenters. The SMILES string of the molecule is COc1cccc(/C=C2\SC(=O)N(Cc3cccc(C)c3)C2=O)c1OC(=O)c1ccc(Cl)cc1. The molecule has 0 bridgehead atoms. The highest BCUT2D eigenvalue weighted by Crippen LogP contribution is 2.38. The molecule has 0 saturated carbocycles. The second kappa shape index (κ2) is 10.2. The van der Waals surface area contributed by atoms with Gasteiger partial charge in [-0.1, -0.05) is 53.6 Å². The van der Waals surface area contributed by atoms with Gasteiger partial charge in [0, 0.05) is 10.6 Å². The van der Waals surface area contributed by atoms with Crippen LogP contribution in [0.1, 0.15) is 27.0 Å². The van der Waals surface area contributed by atoms with Crippen LogP contribution in [-0.2, 0) is 11.3 Å². The van der Waals surface area contributed by atoms with Crippen LogP contribution in [0.4, 0.5) is 4.79 Å². The van der Waals surface area contributed by atoms with Crippen molar-refractivity contribution in [3.8, 4) is 11.5 Å². The molecule has 0 aliphatic carbocycles. The number of benzene rings is 3. The highest BCUT2D eigenvalue weighted by Gasteiger charge is 2.35. The second-order valence-electron chi connectivity index (χ2n) is 7.53. The normalized spacial score (nSPS) is 14.6. The van der Waals surface area contributed by atoms with E-state index in [2.05, 4.69) is 0 Å². The number of esters is 1. The zero-order valence-electron chi connectivity index (χ0n) is 18.4. The van der Waals surface area contributed by atoms with E-state index in [1.54, 1.807) is 42.5 Å². The Bertz CT molecular complexity index is 1300. The number of rotatable bonds is 6. The summed E-state index contributed by atoms with van der Waals surface area (Å²) in [5.74, 6) is -0.553. The third kappa shape index (κ3) is 5.16. The van der Waals surface area contributed by atoms with E-state index >= 15 is 0 Å². The maximum absolute atomic E-state index is 13.0. The predicted molar refractivity (Wildman–Crippen MR) is 132 cm³/mol. The Morgan fingerprint density at radius 2 is 1.79 bits per heavy atom. The fourth-order valence-electron chi connectivity index (χ4n) is 3.42.